The lowest BCUT2D eigenvalue weighted by atomic mass is 10.1. The largest absolute Gasteiger partial charge is 0.493 e. The van der Waals surface area contributed by atoms with Crippen LogP contribution in [0.3, 0.4) is 0 Å². The highest BCUT2D eigenvalue weighted by Gasteiger charge is 2.23. The number of carbonyl (C=O) groups excluding carboxylic acids is 2. The van der Waals surface area contributed by atoms with E-state index in [0.29, 0.717) is 67.8 Å². The average Bonchev–Trinajstić information content (AvgIpc) is 3.36. The second-order valence-corrected chi connectivity index (χ2v) is 10.9. The van der Waals surface area contributed by atoms with Gasteiger partial charge in [0.2, 0.25) is 5.91 Å². The predicted octanol–water partition coefficient (Wildman–Crippen LogP) is 5.87. The first-order valence-corrected chi connectivity index (χ1v) is 14.2. The van der Waals surface area contributed by atoms with E-state index < -0.39 is 0 Å². The van der Waals surface area contributed by atoms with Crippen LogP contribution in [0.25, 0.3) is 0 Å². The maximum absolute atomic E-state index is 13.7. The molecule has 0 atom stereocenters. The van der Waals surface area contributed by atoms with Crippen molar-refractivity contribution in [2.24, 2.45) is 0 Å². The highest BCUT2D eigenvalue weighted by molar-refractivity contribution is 7.11. The molecule has 3 rings (SSSR count). The summed E-state index contributed by atoms with van der Waals surface area (Å²) >= 11 is 7.69. The highest BCUT2D eigenvalue weighted by Crippen LogP contribution is 2.28. The molecule has 0 aliphatic rings. The minimum atomic E-state index is -0.205. The van der Waals surface area contributed by atoms with Gasteiger partial charge in [0.15, 0.2) is 11.5 Å². The number of hydrogen-bond donors (Lipinski definition) is 0. The zero-order valence-electron chi connectivity index (χ0n) is 23.1. The van der Waals surface area contributed by atoms with Crippen molar-refractivity contribution in [1.82, 2.24) is 9.80 Å². The molecule has 2 amide bonds. The minimum absolute atomic E-state index is 0.0239. The van der Waals surface area contributed by atoms with Crippen LogP contribution in [0, 0.1) is 6.92 Å². The van der Waals surface area contributed by atoms with Gasteiger partial charge in [-0.15, -0.1) is 11.3 Å². The van der Waals surface area contributed by atoms with Gasteiger partial charge in [-0.05, 0) is 80.8 Å². The number of aryl methyl sites for hydroxylation is 1. The van der Waals surface area contributed by atoms with Gasteiger partial charge in [-0.2, -0.15) is 0 Å². The number of methoxy groups -OCH3 is 2. The molecule has 2 aromatic carbocycles. The predicted molar refractivity (Wildman–Crippen MR) is 156 cm³/mol. The Morgan fingerprint density at radius 2 is 1.67 bits per heavy atom. The standard InChI is InChI=1S/C30H37ClN2O5S/c1-5-38-18-6-16-33(30(35)24-9-11-25(31)12-10-24)21-29(34)32(20-26-13-7-22(2)39-26)17-15-23-8-14-27(36-3)28(19-23)37-4/h7-14,19H,5-6,15-18,20-21H2,1-4H3. The van der Waals surface area contributed by atoms with Crippen molar-refractivity contribution in [2.45, 2.75) is 33.2 Å². The third-order valence-electron chi connectivity index (χ3n) is 6.24. The molecule has 0 saturated heterocycles. The van der Waals surface area contributed by atoms with E-state index in [-0.39, 0.29) is 18.4 Å². The quantitative estimate of drug-likeness (QED) is 0.213. The summed E-state index contributed by atoms with van der Waals surface area (Å²) < 4.78 is 16.3. The molecule has 0 unspecified atom stereocenters. The van der Waals surface area contributed by atoms with E-state index in [0.717, 1.165) is 10.4 Å². The van der Waals surface area contributed by atoms with Gasteiger partial charge in [0, 0.05) is 46.6 Å². The summed E-state index contributed by atoms with van der Waals surface area (Å²) in [6.45, 7) is 6.47. The third kappa shape index (κ3) is 9.27. The lowest BCUT2D eigenvalue weighted by Gasteiger charge is -2.28. The number of hydrogen-bond acceptors (Lipinski definition) is 6. The number of ether oxygens (including phenoxy) is 3. The number of nitrogens with zero attached hydrogens (tertiary/aromatic N) is 2. The Morgan fingerprint density at radius 3 is 2.31 bits per heavy atom. The molecule has 1 heterocycles. The SMILES string of the molecule is CCOCCCN(CC(=O)N(CCc1ccc(OC)c(OC)c1)Cc1ccc(C)s1)C(=O)c1ccc(Cl)cc1. The van der Waals surface area contributed by atoms with Crippen LogP contribution in [0.1, 0.15) is 39.0 Å². The second-order valence-electron chi connectivity index (χ2n) is 9.05. The van der Waals surface area contributed by atoms with Gasteiger partial charge in [0.1, 0.15) is 6.54 Å². The fourth-order valence-corrected chi connectivity index (χ4v) is 5.17. The molecular weight excluding hydrogens is 536 g/mol. The van der Waals surface area contributed by atoms with Crippen molar-refractivity contribution in [3.8, 4) is 11.5 Å². The average molecular weight is 573 g/mol. The zero-order chi connectivity index (χ0) is 28.2. The first kappa shape index (κ1) is 30.5. The van der Waals surface area contributed by atoms with Crippen molar-refractivity contribution >= 4 is 34.8 Å². The van der Waals surface area contributed by atoms with E-state index in [1.54, 1.807) is 54.7 Å². The normalized spacial score (nSPS) is 10.8. The van der Waals surface area contributed by atoms with Gasteiger partial charge in [0.25, 0.3) is 5.91 Å². The van der Waals surface area contributed by atoms with E-state index in [4.69, 9.17) is 25.8 Å². The van der Waals surface area contributed by atoms with Gasteiger partial charge in [-0.3, -0.25) is 9.59 Å². The molecule has 0 N–H and O–H groups in total. The molecular formula is C30H37ClN2O5S. The molecule has 3 aromatic rings. The van der Waals surface area contributed by atoms with Crippen LogP contribution >= 0.6 is 22.9 Å². The molecule has 0 aliphatic carbocycles. The summed E-state index contributed by atoms with van der Waals surface area (Å²) in [5.74, 6) is 0.992. The minimum Gasteiger partial charge on any atom is -0.493 e. The molecule has 0 spiro atoms. The highest BCUT2D eigenvalue weighted by atomic mass is 35.5. The summed E-state index contributed by atoms with van der Waals surface area (Å²) in [5.41, 5.74) is 1.52. The number of benzene rings is 2. The van der Waals surface area contributed by atoms with Crippen LogP contribution in [0.15, 0.2) is 54.6 Å². The van der Waals surface area contributed by atoms with E-state index in [1.807, 2.05) is 30.0 Å². The molecule has 0 saturated carbocycles. The first-order valence-electron chi connectivity index (χ1n) is 13.0. The van der Waals surface area contributed by atoms with Gasteiger partial charge in [-0.25, -0.2) is 0 Å². The van der Waals surface area contributed by atoms with Gasteiger partial charge >= 0.3 is 0 Å². The topological polar surface area (TPSA) is 68.3 Å². The molecule has 1 aromatic heterocycles. The molecule has 0 fully saturated rings. The number of amides is 2. The Balaban J connectivity index is 1.78. The van der Waals surface area contributed by atoms with Crippen LogP contribution in [0.5, 0.6) is 11.5 Å². The Bertz CT molecular complexity index is 1210. The van der Waals surface area contributed by atoms with Crippen LogP contribution in [-0.4, -0.2) is 68.7 Å². The van der Waals surface area contributed by atoms with Crippen molar-refractivity contribution in [3.63, 3.8) is 0 Å². The maximum atomic E-state index is 13.7. The number of halogens is 1. The summed E-state index contributed by atoms with van der Waals surface area (Å²) in [4.78, 5) is 32.8. The molecule has 0 bridgehead atoms. The van der Waals surface area contributed by atoms with Gasteiger partial charge in [0.05, 0.1) is 20.8 Å². The fourth-order valence-electron chi connectivity index (χ4n) is 4.14. The lowest BCUT2D eigenvalue weighted by molar-refractivity contribution is -0.132. The Morgan fingerprint density at radius 1 is 0.923 bits per heavy atom. The zero-order valence-corrected chi connectivity index (χ0v) is 24.6. The summed E-state index contributed by atoms with van der Waals surface area (Å²) in [5, 5.41) is 0.554. The van der Waals surface area contributed by atoms with E-state index in [1.165, 1.54) is 4.88 Å². The van der Waals surface area contributed by atoms with Crippen LogP contribution in [0.4, 0.5) is 0 Å². The Hall–Kier alpha value is -3.07. The van der Waals surface area contributed by atoms with Gasteiger partial charge < -0.3 is 24.0 Å². The van der Waals surface area contributed by atoms with Crippen LogP contribution < -0.4 is 9.47 Å². The van der Waals surface area contributed by atoms with Crippen molar-refractivity contribution in [2.75, 3.05) is 47.1 Å². The summed E-state index contributed by atoms with van der Waals surface area (Å²) in [7, 11) is 3.21. The third-order valence-corrected chi connectivity index (χ3v) is 7.48. The summed E-state index contributed by atoms with van der Waals surface area (Å²) in [6.07, 6.45) is 1.27. The Labute approximate surface area is 240 Å². The van der Waals surface area contributed by atoms with Crippen LogP contribution in [0.2, 0.25) is 5.02 Å². The van der Waals surface area contributed by atoms with Crippen LogP contribution in [-0.2, 0) is 22.5 Å². The molecule has 39 heavy (non-hydrogen) atoms. The lowest BCUT2D eigenvalue weighted by Crippen LogP contribution is -2.44. The van der Waals surface area contributed by atoms with Gasteiger partial charge in [-0.1, -0.05) is 17.7 Å². The van der Waals surface area contributed by atoms with Crippen molar-refractivity contribution in [3.05, 3.63) is 80.5 Å². The molecule has 210 valence electrons. The summed E-state index contributed by atoms with van der Waals surface area (Å²) in [6, 6.07) is 16.6. The molecule has 0 aliphatic heterocycles. The molecule has 0 radical (unpaired) electrons. The smallest absolute Gasteiger partial charge is 0.254 e. The molecule has 9 heteroatoms. The molecule has 7 nitrogen and oxygen atoms in total. The fraction of sp³-hybridized carbons (Fsp3) is 0.400. The number of rotatable bonds is 15. The van der Waals surface area contributed by atoms with Crippen molar-refractivity contribution < 1.29 is 23.8 Å². The Kier molecular flexibility index (Phi) is 12.1. The van der Waals surface area contributed by atoms with E-state index in [2.05, 4.69) is 19.1 Å². The number of thiophene rings is 1. The maximum Gasteiger partial charge on any atom is 0.254 e. The monoisotopic (exact) mass is 572 g/mol. The van der Waals surface area contributed by atoms with E-state index in [9.17, 15) is 9.59 Å². The van der Waals surface area contributed by atoms with Crippen molar-refractivity contribution in [1.29, 1.82) is 0 Å². The number of carbonyl (C=O) groups is 2. The van der Waals surface area contributed by atoms with E-state index >= 15 is 0 Å². The second kappa shape index (κ2) is 15.5. The first-order chi connectivity index (χ1) is 18.8.